The first-order valence-electron chi connectivity index (χ1n) is 4.83. The molecule has 0 aliphatic heterocycles. The maximum atomic E-state index is 11.9. The van der Waals surface area contributed by atoms with E-state index >= 15 is 0 Å². The monoisotopic (exact) mass is 371 g/mol. The summed E-state index contributed by atoms with van der Waals surface area (Å²) in [5.41, 5.74) is 0. The third-order valence-electron chi connectivity index (χ3n) is 2.01. The lowest BCUT2D eigenvalue weighted by atomic mass is 10.2. The minimum Gasteiger partial charge on any atom is -0.480 e. The average Bonchev–Trinajstić information content (AvgIpc) is 2.75. The van der Waals surface area contributed by atoms with Crippen LogP contribution < -0.4 is 4.72 Å². The van der Waals surface area contributed by atoms with Crippen LogP contribution in [0, 0.1) is 0 Å². The summed E-state index contributed by atoms with van der Waals surface area (Å²) in [4.78, 5) is 22.0. The van der Waals surface area contributed by atoms with Crippen LogP contribution in [-0.4, -0.2) is 38.6 Å². The molecule has 0 amide bonds. The number of carboxylic acids is 1. The molecule has 19 heavy (non-hydrogen) atoms. The van der Waals surface area contributed by atoms with Gasteiger partial charge in [-0.2, -0.15) is 4.72 Å². The van der Waals surface area contributed by atoms with Crippen LogP contribution in [-0.2, 0) is 24.3 Å². The minimum atomic E-state index is -3.99. The Kier molecular flexibility index (Phi) is 5.47. The molecule has 1 aromatic rings. The Morgan fingerprint density at radius 3 is 2.58 bits per heavy atom. The Bertz CT molecular complexity index is 581. The molecule has 106 valence electrons. The zero-order valence-electron chi connectivity index (χ0n) is 9.62. The summed E-state index contributed by atoms with van der Waals surface area (Å²) in [5.74, 6) is -2.27. The van der Waals surface area contributed by atoms with Gasteiger partial charge < -0.3 is 9.84 Å². The summed E-state index contributed by atoms with van der Waals surface area (Å²) in [5, 5.41) is 8.89. The van der Waals surface area contributed by atoms with E-state index in [9.17, 15) is 18.0 Å². The molecule has 1 aromatic heterocycles. The molecule has 0 unspecified atom stereocenters. The number of rotatable bonds is 6. The molecule has 0 aliphatic carbocycles. The summed E-state index contributed by atoms with van der Waals surface area (Å²) >= 11 is 4.04. The van der Waals surface area contributed by atoms with Gasteiger partial charge in [0.05, 0.1) is 17.3 Å². The first kappa shape index (κ1) is 16.1. The molecule has 0 fully saturated rings. The van der Waals surface area contributed by atoms with Crippen molar-refractivity contribution in [2.24, 2.45) is 0 Å². The van der Waals surface area contributed by atoms with Gasteiger partial charge >= 0.3 is 11.9 Å². The molecule has 0 aromatic carbocycles. The lowest BCUT2D eigenvalue weighted by molar-refractivity contribution is -0.147. The Morgan fingerprint density at radius 2 is 2.16 bits per heavy atom. The molecular weight excluding hydrogens is 362 g/mol. The predicted molar refractivity (Wildman–Crippen MR) is 70.4 cm³/mol. The molecule has 0 bridgehead atoms. The van der Waals surface area contributed by atoms with Crippen molar-refractivity contribution in [2.45, 2.75) is 16.7 Å². The van der Waals surface area contributed by atoms with E-state index < -0.39 is 34.4 Å². The normalized spacial score (nSPS) is 12.9. The smallest absolute Gasteiger partial charge is 0.322 e. The molecule has 1 atom stereocenters. The summed E-state index contributed by atoms with van der Waals surface area (Å²) < 4.78 is 30.6. The van der Waals surface area contributed by atoms with Crippen LogP contribution in [0.2, 0.25) is 0 Å². The van der Waals surface area contributed by atoms with Gasteiger partial charge in [-0.3, -0.25) is 9.59 Å². The number of nitrogens with one attached hydrogen (secondary N) is 1. The molecule has 7 nitrogen and oxygen atoms in total. The van der Waals surface area contributed by atoms with E-state index in [1.54, 1.807) is 0 Å². The number of carbonyl (C=O) groups excluding carboxylic acids is 1. The Morgan fingerprint density at radius 1 is 1.53 bits per heavy atom. The van der Waals surface area contributed by atoms with E-state index in [1.165, 1.54) is 12.1 Å². The molecule has 0 saturated carbocycles. The number of carboxylic acid groups (broad SMARTS) is 1. The van der Waals surface area contributed by atoms with E-state index in [0.717, 1.165) is 18.4 Å². The Labute approximate surface area is 121 Å². The van der Waals surface area contributed by atoms with Crippen molar-refractivity contribution in [3.63, 3.8) is 0 Å². The van der Waals surface area contributed by atoms with Crippen molar-refractivity contribution in [1.29, 1.82) is 0 Å². The number of hydrogen-bond donors (Lipinski definition) is 2. The van der Waals surface area contributed by atoms with E-state index in [4.69, 9.17) is 5.11 Å². The molecular formula is C9H10BrNO6S2. The van der Waals surface area contributed by atoms with E-state index in [2.05, 4.69) is 20.7 Å². The number of esters is 1. The van der Waals surface area contributed by atoms with Gasteiger partial charge in [0.2, 0.25) is 0 Å². The maximum Gasteiger partial charge on any atom is 0.322 e. The zero-order chi connectivity index (χ0) is 14.6. The second kappa shape index (κ2) is 6.46. The third-order valence-corrected chi connectivity index (χ3v) is 5.59. The predicted octanol–water partition coefficient (Wildman–Crippen LogP) is 0.805. The van der Waals surface area contributed by atoms with Crippen molar-refractivity contribution in [3.8, 4) is 0 Å². The van der Waals surface area contributed by atoms with Gasteiger partial charge in [0.1, 0.15) is 10.3 Å². The number of thiophene rings is 1. The van der Waals surface area contributed by atoms with Crippen molar-refractivity contribution >= 4 is 49.2 Å². The highest BCUT2D eigenvalue weighted by atomic mass is 79.9. The number of methoxy groups -OCH3 is 1. The minimum absolute atomic E-state index is 0.0458. The number of aliphatic carboxylic acids is 1. The summed E-state index contributed by atoms with van der Waals surface area (Å²) in [6.45, 7) is 0. The largest absolute Gasteiger partial charge is 0.480 e. The fraction of sp³-hybridized carbons (Fsp3) is 0.333. The third kappa shape index (κ3) is 4.56. The highest BCUT2D eigenvalue weighted by Gasteiger charge is 2.28. The SMILES string of the molecule is COC(=O)C[C@@H](NS(=O)(=O)c1ccc(Br)s1)C(=O)O. The number of hydrogen-bond acceptors (Lipinski definition) is 6. The number of ether oxygens (including phenoxy) is 1. The van der Waals surface area contributed by atoms with Crippen LogP contribution in [0.1, 0.15) is 6.42 Å². The molecule has 1 heterocycles. The Hall–Kier alpha value is -0.970. The molecule has 0 radical (unpaired) electrons. The van der Waals surface area contributed by atoms with E-state index in [-0.39, 0.29) is 4.21 Å². The fourth-order valence-corrected chi connectivity index (χ4v) is 4.33. The van der Waals surface area contributed by atoms with Crippen LogP contribution in [0.3, 0.4) is 0 Å². The van der Waals surface area contributed by atoms with Gasteiger partial charge in [0.25, 0.3) is 10.0 Å². The molecule has 2 N–H and O–H groups in total. The summed E-state index contributed by atoms with van der Waals surface area (Å²) in [6, 6.07) is 1.28. The molecule has 10 heteroatoms. The van der Waals surface area contributed by atoms with Crippen LogP contribution in [0.4, 0.5) is 0 Å². The van der Waals surface area contributed by atoms with Gasteiger partial charge in [0.15, 0.2) is 0 Å². The van der Waals surface area contributed by atoms with Gasteiger partial charge in [0, 0.05) is 0 Å². The van der Waals surface area contributed by atoms with Gasteiger partial charge in [-0.15, -0.1) is 11.3 Å². The average molecular weight is 372 g/mol. The van der Waals surface area contributed by atoms with Crippen molar-refractivity contribution in [2.75, 3.05) is 7.11 Å². The van der Waals surface area contributed by atoms with Gasteiger partial charge in [-0.05, 0) is 28.1 Å². The number of carbonyl (C=O) groups is 2. The number of sulfonamides is 1. The number of halogens is 1. The lowest BCUT2D eigenvalue weighted by Gasteiger charge is -2.12. The molecule has 1 rings (SSSR count). The zero-order valence-corrected chi connectivity index (χ0v) is 12.8. The molecule has 0 aliphatic rings. The first-order valence-corrected chi connectivity index (χ1v) is 7.93. The van der Waals surface area contributed by atoms with Gasteiger partial charge in [-0.25, -0.2) is 8.42 Å². The first-order chi connectivity index (χ1) is 8.76. The highest BCUT2D eigenvalue weighted by molar-refractivity contribution is 9.11. The maximum absolute atomic E-state index is 11.9. The second-order valence-electron chi connectivity index (χ2n) is 3.35. The van der Waals surface area contributed by atoms with Crippen molar-refractivity contribution in [1.82, 2.24) is 4.72 Å². The topological polar surface area (TPSA) is 110 Å². The van der Waals surface area contributed by atoms with Crippen molar-refractivity contribution in [3.05, 3.63) is 15.9 Å². The standard InChI is InChI=1S/C9H10BrNO6S2/c1-17-7(12)4-5(9(13)14)11-19(15,16)8-3-2-6(10)18-8/h2-3,5,11H,4H2,1H3,(H,13,14)/t5-/m1/s1. The summed E-state index contributed by atoms with van der Waals surface area (Å²) in [6.07, 6.45) is -0.586. The van der Waals surface area contributed by atoms with E-state index in [1.807, 2.05) is 4.72 Å². The van der Waals surface area contributed by atoms with Crippen LogP contribution in [0.25, 0.3) is 0 Å². The quantitative estimate of drug-likeness (QED) is 0.715. The van der Waals surface area contributed by atoms with Crippen LogP contribution in [0.5, 0.6) is 0 Å². The van der Waals surface area contributed by atoms with Crippen molar-refractivity contribution < 1.29 is 27.9 Å². The Balaban J connectivity index is 2.90. The molecule has 0 saturated heterocycles. The second-order valence-corrected chi connectivity index (χ2v) is 7.75. The fourth-order valence-electron chi connectivity index (χ4n) is 1.12. The van der Waals surface area contributed by atoms with Crippen LogP contribution in [0.15, 0.2) is 20.1 Å². The lowest BCUT2D eigenvalue weighted by Crippen LogP contribution is -2.42. The van der Waals surface area contributed by atoms with Gasteiger partial charge in [-0.1, -0.05) is 0 Å². The van der Waals surface area contributed by atoms with Crippen LogP contribution >= 0.6 is 27.3 Å². The molecule has 0 spiro atoms. The van der Waals surface area contributed by atoms with E-state index in [0.29, 0.717) is 3.79 Å². The highest BCUT2D eigenvalue weighted by Crippen LogP contribution is 2.26. The summed E-state index contributed by atoms with van der Waals surface area (Å²) in [7, 11) is -2.90.